The van der Waals surface area contributed by atoms with Gasteiger partial charge in [0.25, 0.3) is 0 Å². The van der Waals surface area contributed by atoms with Crippen LogP contribution in [-0.4, -0.2) is 25.7 Å². The predicted octanol–water partition coefficient (Wildman–Crippen LogP) is 6.98. The van der Waals surface area contributed by atoms with Crippen LogP contribution in [0.5, 0.6) is 0 Å². The molecule has 19 heavy (non-hydrogen) atoms. The van der Waals surface area contributed by atoms with E-state index in [0.29, 0.717) is 0 Å². The number of hydrogen-bond acceptors (Lipinski definition) is 0. The van der Waals surface area contributed by atoms with Gasteiger partial charge in [0, 0.05) is 20.6 Å². The standard InChI is InChI=1S/C18H40P/c1-5-7-9-11-13-15-17-19(3,4)18-16-14-12-10-8-6-2/h5-18H2,1-4H3/q+1. The van der Waals surface area contributed by atoms with E-state index in [9.17, 15) is 0 Å². The van der Waals surface area contributed by atoms with E-state index in [1.807, 2.05) is 0 Å². The SMILES string of the molecule is CCCCCCCC[P+](C)(C)CCCCCCCC. The Morgan fingerprint density at radius 2 is 0.789 bits per heavy atom. The molecular weight excluding hydrogens is 247 g/mol. The largest absolute Gasteiger partial charge is 0.0654 e. The van der Waals surface area contributed by atoms with E-state index in [-0.39, 0.29) is 0 Å². The van der Waals surface area contributed by atoms with Crippen molar-refractivity contribution in [3.05, 3.63) is 0 Å². The zero-order chi connectivity index (χ0) is 14.4. The number of rotatable bonds is 14. The van der Waals surface area contributed by atoms with Gasteiger partial charge in [-0.3, -0.25) is 0 Å². The Bertz CT molecular complexity index is 157. The lowest BCUT2D eigenvalue weighted by atomic mass is 10.1. The Morgan fingerprint density at radius 3 is 1.16 bits per heavy atom. The van der Waals surface area contributed by atoms with Crippen LogP contribution in [0.15, 0.2) is 0 Å². The second-order valence-electron chi connectivity index (χ2n) is 6.92. The van der Waals surface area contributed by atoms with Gasteiger partial charge >= 0.3 is 0 Å². The van der Waals surface area contributed by atoms with E-state index in [2.05, 4.69) is 27.2 Å². The van der Waals surface area contributed by atoms with Crippen molar-refractivity contribution < 1.29 is 0 Å². The van der Waals surface area contributed by atoms with Gasteiger partial charge in [-0.05, 0) is 25.7 Å². The highest BCUT2D eigenvalue weighted by Gasteiger charge is 2.23. The van der Waals surface area contributed by atoms with Crippen LogP contribution in [0.1, 0.15) is 90.9 Å². The van der Waals surface area contributed by atoms with Crippen LogP contribution in [0.25, 0.3) is 0 Å². The summed E-state index contributed by atoms with van der Waals surface area (Å²) in [6.45, 7) is 9.78. The summed E-state index contributed by atoms with van der Waals surface area (Å²) in [5, 5.41) is 0. The van der Waals surface area contributed by atoms with Crippen LogP contribution in [-0.2, 0) is 0 Å². The Kier molecular flexibility index (Phi) is 13.7. The lowest BCUT2D eigenvalue weighted by Gasteiger charge is -2.18. The molecule has 0 saturated heterocycles. The third-order valence-electron chi connectivity index (χ3n) is 4.23. The van der Waals surface area contributed by atoms with Gasteiger partial charge in [0.15, 0.2) is 0 Å². The maximum Gasteiger partial charge on any atom is 0.0589 e. The fourth-order valence-electron chi connectivity index (χ4n) is 2.75. The second-order valence-corrected chi connectivity index (χ2v) is 11.7. The minimum Gasteiger partial charge on any atom is -0.0654 e. The van der Waals surface area contributed by atoms with Crippen molar-refractivity contribution in [3.63, 3.8) is 0 Å². The van der Waals surface area contributed by atoms with Crippen molar-refractivity contribution in [2.24, 2.45) is 0 Å². The lowest BCUT2D eigenvalue weighted by Crippen LogP contribution is -2.01. The van der Waals surface area contributed by atoms with Gasteiger partial charge in [0.1, 0.15) is 0 Å². The molecule has 1 heteroatoms. The van der Waals surface area contributed by atoms with Crippen molar-refractivity contribution in [2.75, 3.05) is 25.7 Å². The average Bonchev–Trinajstić information content (AvgIpc) is 2.38. The molecule has 0 unspecified atom stereocenters. The minimum atomic E-state index is -0.554. The fourth-order valence-corrected chi connectivity index (χ4v) is 5.14. The molecule has 0 nitrogen and oxygen atoms in total. The Labute approximate surface area is 124 Å². The second kappa shape index (κ2) is 13.4. The molecule has 0 heterocycles. The molecule has 0 atom stereocenters. The first-order chi connectivity index (χ1) is 9.12. The summed E-state index contributed by atoms with van der Waals surface area (Å²) in [7, 11) is -0.554. The van der Waals surface area contributed by atoms with Crippen molar-refractivity contribution in [3.8, 4) is 0 Å². The molecule has 0 radical (unpaired) electrons. The highest BCUT2D eigenvalue weighted by Crippen LogP contribution is 2.52. The number of hydrogen-bond donors (Lipinski definition) is 0. The van der Waals surface area contributed by atoms with Gasteiger partial charge in [-0.2, -0.15) is 0 Å². The van der Waals surface area contributed by atoms with Gasteiger partial charge in [0.05, 0.1) is 12.3 Å². The summed E-state index contributed by atoms with van der Waals surface area (Å²) >= 11 is 0. The fraction of sp³-hybridized carbons (Fsp3) is 1.00. The summed E-state index contributed by atoms with van der Waals surface area (Å²) in [6.07, 6.45) is 20.6. The van der Waals surface area contributed by atoms with Gasteiger partial charge < -0.3 is 0 Å². The minimum absolute atomic E-state index is 0.554. The lowest BCUT2D eigenvalue weighted by molar-refractivity contribution is 0.621. The van der Waals surface area contributed by atoms with Crippen molar-refractivity contribution in [1.29, 1.82) is 0 Å². The molecule has 0 aromatic rings. The molecule has 0 aromatic heterocycles. The van der Waals surface area contributed by atoms with Gasteiger partial charge in [-0.25, -0.2) is 0 Å². The molecule has 0 rings (SSSR count). The van der Waals surface area contributed by atoms with E-state index in [0.717, 1.165) is 0 Å². The third-order valence-corrected chi connectivity index (χ3v) is 7.29. The van der Waals surface area contributed by atoms with Crippen LogP contribution in [0.2, 0.25) is 0 Å². The summed E-state index contributed by atoms with van der Waals surface area (Å²) in [4.78, 5) is 0. The van der Waals surface area contributed by atoms with Crippen LogP contribution >= 0.6 is 7.26 Å². The molecule has 0 amide bonds. The van der Waals surface area contributed by atoms with E-state index in [1.54, 1.807) is 12.3 Å². The molecule has 0 aliphatic rings. The topological polar surface area (TPSA) is 0 Å². The van der Waals surface area contributed by atoms with Crippen molar-refractivity contribution in [1.82, 2.24) is 0 Å². The van der Waals surface area contributed by atoms with E-state index < -0.39 is 7.26 Å². The molecule has 116 valence electrons. The van der Waals surface area contributed by atoms with Crippen molar-refractivity contribution >= 4 is 7.26 Å². The molecule has 0 fully saturated rings. The molecule has 0 aliphatic carbocycles. The monoisotopic (exact) mass is 287 g/mol. The maximum absolute atomic E-state index is 2.59. The van der Waals surface area contributed by atoms with Crippen LogP contribution < -0.4 is 0 Å². The highest BCUT2D eigenvalue weighted by atomic mass is 31.2. The first-order valence-corrected chi connectivity index (χ1v) is 12.0. The average molecular weight is 287 g/mol. The quantitative estimate of drug-likeness (QED) is 0.239. The highest BCUT2D eigenvalue weighted by molar-refractivity contribution is 7.74. The van der Waals surface area contributed by atoms with Crippen LogP contribution in [0.4, 0.5) is 0 Å². The van der Waals surface area contributed by atoms with Crippen molar-refractivity contribution in [2.45, 2.75) is 90.9 Å². The summed E-state index contributed by atoms with van der Waals surface area (Å²) in [5.74, 6) is 0. The van der Waals surface area contributed by atoms with E-state index in [4.69, 9.17) is 0 Å². The normalized spacial score (nSPS) is 12.0. The molecule has 0 aromatic carbocycles. The molecule has 0 N–H and O–H groups in total. The van der Waals surface area contributed by atoms with Gasteiger partial charge in [-0.15, -0.1) is 0 Å². The number of unbranched alkanes of at least 4 members (excludes halogenated alkanes) is 10. The molecule has 0 spiro atoms. The summed E-state index contributed by atoms with van der Waals surface area (Å²) < 4.78 is 0. The van der Waals surface area contributed by atoms with Gasteiger partial charge in [-0.1, -0.05) is 65.2 Å². The Balaban J connectivity index is 3.36. The summed E-state index contributed by atoms with van der Waals surface area (Å²) in [5.41, 5.74) is 0. The Morgan fingerprint density at radius 1 is 0.474 bits per heavy atom. The zero-order valence-corrected chi connectivity index (χ0v) is 15.2. The molecule has 0 bridgehead atoms. The van der Waals surface area contributed by atoms with E-state index in [1.165, 1.54) is 77.0 Å². The van der Waals surface area contributed by atoms with Crippen LogP contribution in [0.3, 0.4) is 0 Å². The summed E-state index contributed by atoms with van der Waals surface area (Å²) in [6, 6.07) is 0. The zero-order valence-electron chi connectivity index (χ0n) is 14.3. The first kappa shape index (κ1) is 19.4. The first-order valence-electron chi connectivity index (χ1n) is 8.94. The molecule has 0 aliphatic heterocycles. The third kappa shape index (κ3) is 14.6. The Hall–Kier alpha value is 0.430. The van der Waals surface area contributed by atoms with Crippen LogP contribution in [0, 0.1) is 0 Å². The molecule has 0 saturated carbocycles. The van der Waals surface area contributed by atoms with E-state index >= 15 is 0 Å². The smallest absolute Gasteiger partial charge is 0.0589 e. The maximum atomic E-state index is 2.59. The predicted molar refractivity (Wildman–Crippen MR) is 95.3 cm³/mol. The van der Waals surface area contributed by atoms with Gasteiger partial charge in [0.2, 0.25) is 0 Å². The molecular formula is C18H40P+.